The monoisotopic (exact) mass is 216 g/mol. The number of hydrogen-bond acceptors (Lipinski definition) is 3. The molecule has 1 aliphatic carbocycles. The number of allylic oxidation sites excluding steroid dienone is 2. The Hall–Kier alpha value is -1.64. The summed E-state index contributed by atoms with van der Waals surface area (Å²) in [4.78, 5) is 16.2. The number of carbonyl (C=O) groups excluding carboxylic acids is 1. The van der Waals surface area contributed by atoms with Crippen LogP contribution >= 0.6 is 0 Å². The highest BCUT2D eigenvalue weighted by Gasteiger charge is 2.14. The molecule has 84 valence electrons. The summed E-state index contributed by atoms with van der Waals surface area (Å²) >= 11 is 0. The molecule has 1 aliphatic rings. The summed E-state index contributed by atoms with van der Waals surface area (Å²) in [5.41, 5.74) is 7.55. The van der Waals surface area contributed by atoms with Gasteiger partial charge in [-0.1, -0.05) is 12.5 Å². The highest BCUT2D eigenvalue weighted by atomic mass is 16.1. The van der Waals surface area contributed by atoms with Crippen LogP contribution in [0.1, 0.15) is 42.6 Å². The van der Waals surface area contributed by atoms with Crippen LogP contribution in [-0.4, -0.2) is 10.8 Å². The molecule has 0 aliphatic heterocycles. The SMILES string of the molecule is Nc1ccc(C(=O)C2=CCCCCC2)nc1. The first-order valence-electron chi connectivity index (χ1n) is 5.72. The second-order valence-corrected chi connectivity index (χ2v) is 4.13. The maximum absolute atomic E-state index is 12.1. The van der Waals surface area contributed by atoms with Crippen molar-refractivity contribution in [2.45, 2.75) is 32.1 Å². The minimum Gasteiger partial charge on any atom is -0.397 e. The Balaban J connectivity index is 2.17. The highest BCUT2D eigenvalue weighted by Crippen LogP contribution is 2.20. The van der Waals surface area contributed by atoms with Crippen molar-refractivity contribution in [3.05, 3.63) is 35.7 Å². The summed E-state index contributed by atoms with van der Waals surface area (Å²) in [6.07, 6.45) is 8.99. The average Bonchev–Trinajstić information content (AvgIpc) is 2.57. The first kappa shape index (κ1) is 10.9. The molecule has 1 aromatic rings. The second kappa shape index (κ2) is 4.92. The lowest BCUT2D eigenvalue weighted by atomic mass is 10.0. The van der Waals surface area contributed by atoms with Gasteiger partial charge in [0.2, 0.25) is 5.78 Å². The lowest BCUT2D eigenvalue weighted by molar-refractivity contribution is 0.102. The zero-order valence-electron chi connectivity index (χ0n) is 9.28. The number of pyridine rings is 1. The lowest BCUT2D eigenvalue weighted by Crippen LogP contribution is -2.06. The molecule has 0 bridgehead atoms. The number of aromatic nitrogens is 1. The Morgan fingerprint density at radius 2 is 2.12 bits per heavy atom. The Bertz CT molecular complexity index is 406. The van der Waals surface area contributed by atoms with Crippen molar-refractivity contribution >= 4 is 11.5 Å². The third-order valence-electron chi connectivity index (χ3n) is 2.85. The zero-order chi connectivity index (χ0) is 11.4. The normalized spacial score (nSPS) is 16.4. The molecule has 0 atom stereocenters. The minimum atomic E-state index is 0.0573. The Labute approximate surface area is 95.4 Å². The van der Waals surface area contributed by atoms with Crippen molar-refractivity contribution in [3.63, 3.8) is 0 Å². The van der Waals surface area contributed by atoms with Gasteiger partial charge in [0.15, 0.2) is 0 Å². The molecule has 3 nitrogen and oxygen atoms in total. The Morgan fingerprint density at radius 1 is 1.25 bits per heavy atom. The van der Waals surface area contributed by atoms with E-state index in [0.29, 0.717) is 11.4 Å². The van der Waals surface area contributed by atoms with E-state index in [1.807, 2.05) is 0 Å². The minimum absolute atomic E-state index is 0.0573. The summed E-state index contributed by atoms with van der Waals surface area (Å²) in [6.45, 7) is 0. The smallest absolute Gasteiger partial charge is 0.207 e. The largest absolute Gasteiger partial charge is 0.397 e. The van der Waals surface area contributed by atoms with Crippen molar-refractivity contribution in [2.24, 2.45) is 0 Å². The average molecular weight is 216 g/mol. The van der Waals surface area contributed by atoms with Crippen LogP contribution in [0.3, 0.4) is 0 Å². The van der Waals surface area contributed by atoms with Gasteiger partial charge in [0.1, 0.15) is 5.69 Å². The number of hydrogen-bond donors (Lipinski definition) is 1. The van der Waals surface area contributed by atoms with E-state index in [0.717, 1.165) is 24.8 Å². The van der Waals surface area contributed by atoms with Crippen molar-refractivity contribution < 1.29 is 4.79 Å². The van der Waals surface area contributed by atoms with Gasteiger partial charge < -0.3 is 5.73 Å². The van der Waals surface area contributed by atoms with E-state index in [4.69, 9.17) is 5.73 Å². The number of nitrogen functional groups attached to an aromatic ring is 1. The number of ketones is 1. The van der Waals surface area contributed by atoms with E-state index >= 15 is 0 Å². The predicted octanol–water partition coefficient (Wildman–Crippen LogP) is 2.74. The number of nitrogens with zero attached hydrogens (tertiary/aromatic N) is 1. The van der Waals surface area contributed by atoms with Crippen molar-refractivity contribution in [3.8, 4) is 0 Å². The third kappa shape index (κ3) is 2.48. The van der Waals surface area contributed by atoms with Crippen LogP contribution in [0.15, 0.2) is 30.0 Å². The number of anilines is 1. The number of Topliss-reactive ketones (excluding diaryl/α,β-unsaturated/α-hetero) is 1. The van der Waals surface area contributed by atoms with Gasteiger partial charge >= 0.3 is 0 Å². The molecule has 0 amide bonds. The third-order valence-corrected chi connectivity index (χ3v) is 2.85. The number of nitrogens with two attached hydrogens (primary N) is 1. The number of carbonyl (C=O) groups is 1. The Kier molecular flexibility index (Phi) is 3.34. The first-order chi connectivity index (χ1) is 7.77. The molecule has 16 heavy (non-hydrogen) atoms. The summed E-state index contributed by atoms with van der Waals surface area (Å²) < 4.78 is 0. The van der Waals surface area contributed by atoms with Gasteiger partial charge in [-0.05, 0) is 43.4 Å². The molecule has 1 aromatic heterocycles. The maximum Gasteiger partial charge on any atom is 0.207 e. The molecule has 0 saturated carbocycles. The molecule has 2 N–H and O–H groups in total. The van der Waals surface area contributed by atoms with Gasteiger partial charge in [0.25, 0.3) is 0 Å². The molecule has 0 unspecified atom stereocenters. The summed E-state index contributed by atoms with van der Waals surface area (Å²) in [7, 11) is 0. The molecular weight excluding hydrogens is 200 g/mol. The molecular formula is C13H16N2O. The van der Waals surface area contributed by atoms with Gasteiger partial charge in [-0.15, -0.1) is 0 Å². The van der Waals surface area contributed by atoms with Crippen LogP contribution in [0.2, 0.25) is 0 Å². The fourth-order valence-electron chi connectivity index (χ4n) is 1.93. The second-order valence-electron chi connectivity index (χ2n) is 4.13. The van der Waals surface area contributed by atoms with E-state index < -0.39 is 0 Å². The van der Waals surface area contributed by atoms with E-state index in [-0.39, 0.29) is 5.78 Å². The molecule has 0 aromatic carbocycles. The fraction of sp³-hybridized carbons (Fsp3) is 0.385. The summed E-state index contributed by atoms with van der Waals surface area (Å²) in [5.74, 6) is 0.0573. The standard InChI is InChI=1S/C13H16N2O/c14-11-7-8-12(15-9-11)13(16)10-5-3-1-2-4-6-10/h5,7-9H,1-4,6,14H2. The van der Waals surface area contributed by atoms with Gasteiger partial charge in [-0.3, -0.25) is 9.78 Å². The summed E-state index contributed by atoms with van der Waals surface area (Å²) in [5, 5.41) is 0. The van der Waals surface area contributed by atoms with Crippen LogP contribution in [0.25, 0.3) is 0 Å². The maximum atomic E-state index is 12.1. The van der Waals surface area contributed by atoms with Gasteiger partial charge in [-0.25, -0.2) is 0 Å². The molecule has 0 radical (unpaired) electrons. The van der Waals surface area contributed by atoms with E-state index in [1.165, 1.54) is 19.0 Å². The molecule has 3 heteroatoms. The molecule has 1 heterocycles. The van der Waals surface area contributed by atoms with Crippen LogP contribution in [0, 0.1) is 0 Å². The Morgan fingerprint density at radius 3 is 2.88 bits per heavy atom. The predicted molar refractivity (Wildman–Crippen MR) is 64.1 cm³/mol. The quantitative estimate of drug-likeness (QED) is 0.773. The number of rotatable bonds is 2. The lowest BCUT2D eigenvalue weighted by Gasteiger charge is -2.03. The van der Waals surface area contributed by atoms with Crippen LogP contribution in [0.4, 0.5) is 5.69 Å². The van der Waals surface area contributed by atoms with Crippen molar-refractivity contribution in [1.82, 2.24) is 4.98 Å². The summed E-state index contributed by atoms with van der Waals surface area (Å²) in [6, 6.07) is 3.42. The van der Waals surface area contributed by atoms with Crippen LogP contribution in [0.5, 0.6) is 0 Å². The van der Waals surface area contributed by atoms with Crippen LogP contribution in [-0.2, 0) is 0 Å². The van der Waals surface area contributed by atoms with Gasteiger partial charge in [-0.2, -0.15) is 0 Å². The fourth-order valence-corrected chi connectivity index (χ4v) is 1.93. The van der Waals surface area contributed by atoms with Gasteiger partial charge in [0, 0.05) is 0 Å². The molecule has 0 spiro atoms. The molecule has 0 saturated heterocycles. The van der Waals surface area contributed by atoms with Crippen molar-refractivity contribution in [2.75, 3.05) is 5.73 Å². The highest BCUT2D eigenvalue weighted by molar-refractivity contribution is 6.07. The molecule has 0 fully saturated rings. The molecule has 2 rings (SSSR count). The van der Waals surface area contributed by atoms with Crippen LogP contribution < -0.4 is 5.73 Å². The van der Waals surface area contributed by atoms with E-state index in [2.05, 4.69) is 11.1 Å². The van der Waals surface area contributed by atoms with E-state index in [9.17, 15) is 4.79 Å². The zero-order valence-corrected chi connectivity index (χ0v) is 9.28. The van der Waals surface area contributed by atoms with E-state index in [1.54, 1.807) is 12.1 Å². The van der Waals surface area contributed by atoms with Gasteiger partial charge in [0.05, 0.1) is 11.9 Å². The van der Waals surface area contributed by atoms with Crippen molar-refractivity contribution in [1.29, 1.82) is 0 Å². The first-order valence-corrected chi connectivity index (χ1v) is 5.72. The topological polar surface area (TPSA) is 56.0 Å².